The zero-order chi connectivity index (χ0) is 45.0. The molecule has 12 nitrogen and oxygen atoms in total. The number of halogens is 10. The molecule has 62 heavy (non-hydrogen) atoms. The number of aromatic carboxylic acids is 1. The Bertz CT molecular complexity index is 2570. The minimum atomic E-state index is -4.64. The third-order valence-electron chi connectivity index (χ3n) is 9.70. The van der Waals surface area contributed by atoms with Gasteiger partial charge in [-0.15, -0.1) is 0 Å². The Labute approximate surface area is 360 Å². The Morgan fingerprint density at radius 1 is 0.677 bits per heavy atom. The molecule has 22 heteroatoms. The number of hydrogen-bond donors (Lipinski definition) is 4. The minimum Gasteiger partial charge on any atom is -0.491 e. The number of ether oxygens (including phenoxy) is 2. The standard InChI is InChI=1S/C20H14BrF4N3O3.C20H13BrF4N2O4/c21-12-7-11-14(8-13(12)22)31-5-4-28-16(15(18(26)30)27-19(11)28)17(29)9-2-1-3-10(6-9)20(23,24)25;21-12-7-11-14(8-13(12)22)31-5-4-27-16(15(19(29)30)26-18(11)27)17(28)9-2-1-3-10(6-9)20(23,24)25/h1-3,6-8,17,29H,4-5H2,(H2,26,30);1-3,6-8,17,28H,4-5H2,(H,29,30). The van der Waals surface area contributed by atoms with E-state index in [1.807, 2.05) is 0 Å². The number of carboxylic acids is 1. The molecule has 0 bridgehead atoms. The first-order valence-corrected chi connectivity index (χ1v) is 19.4. The molecule has 6 aromatic rings. The number of aliphatic hydroxyl groups excluding tert-OH is 2. The van der Waals surface area contributed by atoms with Crippen LogP contribution in [0.4, 0.5) is 35.1 Å². The maximum Gasteiger partial charge on any atom is 0.416 e. The lowest BCUT2D eigenvalue weighted by atomic mass is 10.0. The van der Waals surface area contributed by atoms with Crippen LogP contribution in [0, 0.1) is 11.6 Å². The number of fused-ring (bicyclic) bond motifs is 6. The molecule has 324 valence electrons. The number of carbonyl (C=O) groups is 2. The monoisotopic (exact) mass is 999 g/mol. The molecular weight excluding hydrogens is 974 g/mol. The van der Waals surface area contributed by atoms with Gasteiger partial charge in [0.25, 0.3) is 5.91 Å². The van der Waals surface area contributed by atoms with Gasteiger partial charge < -0.3 is 39.7 Å². The van der Waals surface area contributed by atoms with Crippen LogP contribution >= 0.6 is 31.9 Å². The number of rotatable bonds is 6. The van der Waals surface area contributed by atoms with Gasteiger partial charge in [-0.25, -0.2) is 23.5 Å². The van der Waals surface area contributed by atoms with Gasteiger partial charge in [-0.3, -0.25) is 4.79 Å². The van der Waals surface area contributed by atoms with Crippen LogP contribution in [0.25, 0.3) is 22.8 Å². The summed E-state index contributed by atoms with van der Waals surface area (Å²) in [6, 6.07) is 13.1. The lowest BCUT2D eigenvalue weighted by Gasteiger charge is -2.17. The van der Waals surface area contributed by atoms with E-state index in [0.29, 0.717) is 5.56 Å². The third kappa shape index (κ3) is 8.50. The number of benzene rings is 4. The Kier molecular flexibility index (Phi) is 12.0. The summed E-state index contributed by atoms with van der Waals surface area (Å²) in [6.45, 7) is 0.167. The number of carboxylic acid groups (broad SMARTS) is 1. The lowest BCUT2D eigenvalue weighted by Crippen LogP contribution is -2.19. The fourth-order valence-electron chi connectivity index (χ4n) is 6.91. The third-order valence-corrected chi connectivity index (χ3v) is 10.9. The molecule has 1 amide bonds. The molecule has 0 saturated heterocycles. The highest BCUT2D eigenvalue weighted by Crippen LogP contribution is 2.42. The van der Waals surface area contributed by atoms with Crippen molar-refractivity contribution in [1.29, 1.82) is 0 Å². The highest BCUT2D eigenvalue weighted by atomic mass is 79.9. The second kappa shape index (κ2) is 16.8. The zero-order valence-electron chi connectivity index (χ0n) is 31.0. The number of hydrogen-bond acceptors (Lipinski definition) is 8. The maximum absolute atomic E-state index is 14.0. The topological polar surface area (TPSA) is 175 Å². The van der Waals surface area contributed by atoms with Crippen molar-refractivity contribution in [1.82, 2.24) is 19.1 Å². The Hall–Kier alpha value is -5.84. The van der Waals surface area contributed by atoms with Crippen LogP contribution in [0.2, 0.25) is 0 Å². The fraction of sp³-hybridized carbons (Fsp3) is 0.200. The van der Waals surface area contributed by atoms with Crippen LogP contribution in [-0.4, -0.2) is 59.5 Å². The van der Waals surface area contributed by atoms with Crippen LogP contribution in [0.5, 0.6) is 11.5 Å². The van der Waals surface area contributed by atoms with Crippen LogP contribution in [0.3, 0.4) is 0 Å². The predicted molar refractivity (Wildman–Crippen MR) is 208 cm³/mol. The fourth-order valence-corrected chi connectivity index (χ4v) is 7.60. The first-order valence-electron chi connectivity index (χ1n) is 17.8. The number of aliphatic hydroxyl groups is 2. The van der Waals surface area contributed by atoms with Gasteiger partial charge in [-0.2, -0.15) is 26.3 Å². The van der Waals surface area contributed by atoms with Crippen LogP contribution in [0.15, 0.2) is 81.7 Å². The van der Waals surface area contributed by atoms with Gasteiger partial charge in [0, 0.05) is 12.1 Å². The van der Waals surface area contributed by atoms with E-state index in [-0.39, 0.29) is 92.2 Å². The van der Waals surface area contributed by atoms with Crippen molar-refractivity contribution in [3.8, 4) is 34.3 Å². The summed E-state index contributed by atoms with van der Waals surface area (Å²) in [4.78, 5) is 32.2. The van der Waals surface area contributed by atoms with Gasteiger partial charge in [0.1, 0.15) is 60.2 Å². The summed E-state index contributed by atoms with van der Waals surface area (Å²) in [5.74, 6) is -3.05. The van der Waals surface area contributed by atoms with E-state index in [4.69, 9.17) is 15.2 Å². The van der Waals surface area contributed by atoms with Crippen molar-refractivity contribution in [3.05, 3.63) is 138 Å². The molecule has 2 aliphatic rings. The van der Waals surface area contributed by atoms with Gasteiger partial charge >= 0.3 is 18.3 Å². The van der Waals surface area contributed by atoms with Crippen molar-refractivity contribution < 1.29 is 69.5 Å². The first-order chi connectivity index (χ1) is 29.1. The Morgan fingerprint density at radius 2 is 1.08 bits per heavy atom. The van der Waals surface area contributed by atoms with Crippen molar-refractivity contribution in [3.63, 3.8) is 0 Å². The van der Waals surface area contributed by atoms with Gasteiger partial charge in [0.05, 0.1) is 55.7 Å². The molecule has 4 heterocycles. The smallest absolute Gasteiger partial charge is 0.416 e. The van der Waals surface area contributed by atoms with E-state index >= 15 is 0 Å². The van der Waals surface area contributed by atoms with E-state index in [9.17, 15) is 60.0 Å². The highest BCUT2D eigenvalue weighted by molar-refractivity contribution is 9.10. The quantitative estimate of drug-likeness (QED) is 0.119. The van der Waals surface area contributed by atoms with Gasteiger partial charge in [-0.05, 0) is 79.4 Å². The molecule has 0 radical (unpaired) electrons. The average Bonchev–Trinajstić information content (AvgIpc) is 3.68. The number of carbonyl (C=O) groups excluding carboxylic acids is 1. The molecule has 2 aromatic heterocycles. The molecule has 0 saturated carbocycles. The van der Waals surface area contributed by atoms with E-state index in [1.54, 1.807) is 0 Å². The molecule has 4 aromatic carbocycles. The van der Waals surface area contributed by atoms with Gasteiger partial charge in [0.2, 0.25) is 0 Å². The summed E-state index contributed by atoms with van der Waals surface area (Å²) < 4.78 is 121. The highest BCUT2D eigenvalue weighted by Gasteiger charge is 2.36. The molecule has 0 fully saturated rings. The van der Waals surface area contributed by atoms with Crippen LogP contribution < -0.4 is 15.2 Å². The predicted octanol–water partition coefficient (Wildman–Crippen LogP) is 8.69. The van der Waals surface area contributed by atoms with Crippen molar-refractivity contribution in [2.24, 2.45) is 5.73 Å². The number of nitrogens with zero attached hydrogens (tertiary/aromatic N) is 4. The van der Waals surface area contributed by atoms with Crippen molar-refractivity contribution in [2.45, 2.75) is 37.7 Å². The van der Waals surface area contributed by atoms with Gasteiger partial charge in [-0.1, -0.05) is 24.3 Å². The maximum atomic E-state index is 14.0. The normalized spacial score (nSPS) is 14.3. The Morgan fingerprint density at radius 3 is 1.47 bits per heavy atom. The zero-order valence-corrected chi connectivity index (χ0v) is 34.2. The molecule has 2 unspecified atom stereocenters. The second-order valence-electron chi connectivity index (χ2n) is 13.6. The minimum absolute atomic E-state index is 0.00119. The molecule has 2 aliphatic heterocycles. The summed E-state index contributed by atoms with van der Waals surface area (Å²) in [6.07, 6.45) is -12.6. The SMILES string of the molecule is NC(=O)c1nc2n(c1C(O)c1cccc(C(F)(F)F)c1)CCOc1cc(F)c(Br)cc1-2.O=C(O)c1nc2n(c1C(O)c1cccc(C(F)(F)F)c1)CCOc1cc(F)c(Br)cc1-2. The van der Waals surface area contributed by atoms with Crippen LogP contribution in [0.1, 0.15) is 66.8 Å². The number of amides is 1. The summed E-state index contributed by atoms with van der Waals surface area (Å²) in [7, 11) is 0. The molecule has 0 spiro atoms. The number of alkyl halides is 6. The largest absolute Gasteiger partial charge is 0.491 e. The summed E-state index contributed by atoms with van der Waals surface area (Å²) in [5.41, 5.74) is 2.80. The number of aromatic nitrogens is 4. The summed E-state index contributed by atoms with van der Waals surface area (Å²) >= 11 is 6.14. The summed E-state index contributed by atoms with van der Waals surface area (Å²) in [5, 5.41) is 31.5. The Balaban J connectivity index is 0.000000186. The second-order valence-corrected chi connectivity index (χ2v) is 15.3. The lowest BCUT2D eigenvalue weighted by molar-refractivity contribution is -0.138. The van der Waals surface area contributed by atoms with E-state index in [1.165, 1.54) is 33.4 Å². The molecule has 5 N–H and O–H groups in total. The molecular formula is C40H27Br2F8N5O7. The van der Waals surface area contributed by atoms with Gasteiger partial charge in [0.15, 0.2) is 11.4 Å². The number of imidazole rings is 2. The molecule has 2 atom stereocenters. The van der Waals surface area contributed by atoms with E-state index in [2.05, 4.69) is 41.8 Å². The van der Waals surface area contributed by atoms with Crippen molar-refractivity contribution in [2.75, 3.05) is 13.2 Å². The van der Waals surface area contributed by atoms with Crippen molar-refractivity contribution >= 4 is 43.7 Å². The van der Waals surface area contributed by atoms with Crippen LogP contribution in [-0.2, 0) is 25.4 Å². The number of primary amides is 1. The molecule has 8 rings (SSSR count). The van der Waals surface area contributed by atoms with E-state index < -0.39 is 64.9 Å². The molecule has 0 aliphatic carbocycles. The average molecular weight is 1000 g/mol. The first kappa shape index (κ1) is 44.2. The number of nitrogens with two attached hydrogens (primary N) is 1. The van der Waals surface area contributed by atoms with E-state index in [0.717, 1.165) is 48.5 Å².